The van der Waals surface area contributed by atoms with Gasteiger partial charge in [0.1, 0.15) is 19.3 Å². The van der Waals surface area contributed by atoms with E-state index in [4.69, 9.17) is 13.8 Å². The van der Waals surface area contributed by atoms with Gasteiger partial charge in [-0.25, -0.2) is 4.57 Å². The van der Waals surface area contributed by atoms with Crippen LogP contribution >= 0.6 is 7.82 Å². The number of carbonyl (C=O) groups is 2. The zero-order valence-corrected chi connectivity index (χ0v) is 52.1. The summed E-state index contributed by atoms with van der Waals surface area (Å²) in [4.78, 5) is 37.8. The van der Waals surface area contributed by atoms with E-state index in [0.717, 1.165) is 103 Å². The van der Waals surface area contributed by atoms with E-state index in [0.29, 0.717) is 17.4 Å². The third kappa shape index (κ3) is 57.9. The Bertz CT molecular complexity index is 1550. The molecule has 0 fully saturated rings. The van der Waals surface area contributed by atoms with Crippen molar-refractivity contribution >= 4 is 19.7 Å². The number of unbranched alkanes of at least 4 members (excludes halogenated alkanes) is 32. The molecule has 0 rings (SSSR count). The molecule has 0 aromatic carbocycles. The minimum absolute atomic E-state index is 0.0375. The Labute approximate surface area is 476 Å². The molecule has 0 bridgehead atoms. The summed E-state index contributed by atoms with van der Waals surface area (Å²) in [5, 5.41) is 3.06. The Morgan fingerprint density at radius 1 is 0.468 bits per heavy atom. The molecule has 10 heteroatoms. The molecule has 3 unspecified atom stereocenters. The monoisotopic (exact) mass is 1100 g/mol. The van der Waals surface area contributed by atoms with Gasteiger partial charge in [0.15, 0.2) is 0 Å². The third-order valence-corrected chi connectivity index (χ3v) is 15.1. The molecule has 0 saturated carbocycles. The number of hydrogen-bond acceptors (Lipinski definition) is 6. The first-order valence-corrected chi connectivity index (χ1v) is 33.8. The van der Waals surface area contributed by atoms with Gasteiger partial charge in [0.2, 0.25) is 5.91 Å². The maximum Gasteiger partial charge on any atom is 0.472 e. The smallest absolute Gasteiger partial charge is 0.456 e. The predicted molar refractivity (Wildman–Crippen MR) is 332 cm³/mol. The summed E-state index contributed by atoms with van der Waals surface area (Å²) < 4.78 is 30.7. The van der Waals surface area contributed by atoms with Crippen LogP contribution in [0.2, 0.25) is 0 Å². The number of nitrogens with one attached hydrogen (secondary N) is 1. The van der Waals surface area contributed by atoms with Gasteiger partial charge in [0, 0.05) is 12.8 Å². The fourth-order valence-electron chi connectivity index (χ4n) is 9.20. The standard InChI is InChI=1S/C67H123N2O7P/c1-7-10-13-16-19-22-25-28-30-32-33-34-35-36-37-38-40-42-45-48-51-54-57-60-67(71)76-65(58-55-52-49-46-43-27-24-21-18-15-12-9-3)64(63-75-77(72,73)74-62-61-69(4,5)6)68-66(70)59-56-53-50-47-44-41-39-31-29-26-23-20-17-14-11-8-2/h10,13,19,22,28,30,33-34,36-37,55,58,64-65H,7-9,11-12,14-18,20-21,23-27,29,31-32,35,38-54,56-57,59-63H2,1-6H3,(H-,68,70,72,73)/p+1/b13-10-,22-19-,30-28-,34-33-,37-36-,58-55+. The lowest BCUT2D eigenvalue weighted by Crippen LogP contribution is -2.47. The molecule has 0 aromatic rings. The van der Waals surface area contributed by atoms with Crippen molar-refractivity contribution in [1.29, 1.82) is 0 Å². The van der Waals surface area contributed by atoms with Gasteiger partial charge in [-0.1, -0.05) is 274 Å². The van der Waals surface area contributed by atoms with E-state index in [1.807, 2.05) is 33.3 Å². The van der Waals surface area contributed by atoms with Crippen molar-refractivity contribution in [2.24, 2.45) is 0 Å². The number of allylic oxidation sites excluding steroid dienone is 11. The zero-order valence-electron chi connectivity index (χ0n) is 51.2. The number of ether oxygens (including phenoxy) is 1. The summed E-state index contributed by atoms with van der Waals surface area (Å²) in [5.74, 6) is -0.510. The van der Waals surface area contributed by atoms with Crippen LogP contribution in [-0.4, -0.2) is 74.3 Å². The Balaban J connectivity index is 5.20. The van der Waals surface area contributed by atoms with Crippen LogP contribution in [0.3, 0.4) is 0 Å². The highest BCUT2D eigenvalue weighted by Crippen LogP contribution is 2.43. The topological polar surface area (TPSA) is 111 Å². The number of esters is 1. The molecule has 0 aliphatic carbocycles. The quantitative estimate of drug-likeness (QED) is 0.0205. The first kappa shape index (κ1) is 74.5. The molecule has 3 atom stereocenters. The number of phosphoric ester groups is 1. The van der Waals surface area contributed by atoms with Crippen LogP contribution in [0.1, 0.15) is 290 Å². The molecule has 0 radical (unpaired) electrons. The lowest BCUT2D eigenvalue weighted by Gasteiger charge is -2.27. The van der Waals surface area contributed by atoms with Gasteiger partial charge in [-0.15, -0.1) is 0 Å². The second kappa shape index (κ2) is 56.7. The van der Waals surface area contributed by atoms with E-state index in [1.165, 1.54) is 154 Å². The van der Waals surface area contributed by atoms with E-state index < -0.39 is 20.0 Å². The lowest BCUT2D eigenvalue weighted by molar-refractivity contribution is -0.870. The van der Waals surface area contributed by atoms with Crippen molar-refractivity contribution in [3.63, 3.8) is 0 Å². The Kier molecular flexibility index (Phi) is 54.8. The van der Waals surface area contributed by atoms with E-state index in [1.54, 1.807) is 0 Å². The van der Waals surface area contributed by atoms with Crippen molar-refractivity contribution in [2.75, 3.05) is 40.9 Å². The highest BCUT2D eigenvalue weighted by atomic mass is 31.2. The van der Waals surface area contributed by atoms with Crippen molar-refractivity contribution in [2.45, 2.75) is 303 Å². The molecule has 1 amide bonds. The number of quaternary nitrogens is 1. The Morgan fingerprint density at radius 2 is 0.831 bits per heavy atom. The van der Waals surface area contributed by atoms with Gasteiger partial charge in [-0.2, -0.15) is 0 Å². The Hall–Kier alpha value is -2.55. The highest BCUT2D eigenvalue weighted by Gasteiger charge is 2.30. The fourth-order valence-corrected chi connectivity index (χ4v) is 9.94. The fraction of sp³-hybridized carbons (Fsp3) is 0.791. The van der Waals surface area contributed by atoms with Crippen LogP contribution in [0, 0.1) is 0 Å². The summed E-state index contributed by atoms with van der Waals surface area (Å²) in [7, 11) is 1.49. The SMILES string of the molecule is CC/C=C\C/C=C\C/C=C\C/C=C\C/C=C\CCCCCCCCCC(=O)OC(/C=C/CCCCCCCCCCCC)C(COP(=O)(O)OCC[N+](C)(C)C)NC(=O)CCCCCCCCCCCCCCCCCC. The van der Waals surface area contributed by atoms with E-state index in [-0.39, 0.29) is 31.5 Å². The molecule has 2 N–H and O–H groups in total. The number of amides is 1. The van der Waals surface area contributed by atoms with Crippen LogP contribution in [0.5, 0.6) is 0 Å². The summed E-state index contributed by atoms with van der Waals surface area (Å²) >= 11 is 0. The van der Waals surface area contributed by atoms with E-state index in [2.05, 4.69) is 86.8 Å². The minimum atomic E-state index is -4.45. The summed E-state index contributed by atoms with van der Waals surface area (Å²) in [5.41, 5.74) is 0. The maximum absolute atomic E-state index is 13.6. The Morgan fingerprint density at radius 3 is 1.25 bits per heavy atom. The molecule has 0 aromatic heterocycles. The number of phosphoric acid groups is 1. The molecule has 0 aliphatic heterocycles. The minimum Gasteiger partial charge on any atom is -0.456 e. The van der Waals surface area contributed by atoms with Gasteiger partial charge < -0.3 is 19.4 Å². The molecule has 0 aliphatic rings. The molecule has 9 nitrogen and oxygen atoms in total. The second-order valence-corrected chi connectivity index (χ2v) is 24.4. The summed E-state index contributed by atoms with van der Waals surface area (Å²) in [6.07, 6.45) is 73.2. The van der Waals surface area contributed by atoms with Crippen LogP contribution < -0.4 is 5.32 Å². The van der Waals surface area contributed by atoms with Gasteiger partial charge in [0.05, 0.1) is 33.8 Å². The van der Waals surface area contributed by atoms with Gasteiger partial charge >= 0.3 is 13.8 Å². The molecule has 0 spiro atoms. The molecule has 448 valence electrons. The van der Waals surface area contributed by atoms with Gasteiger partial charge in [0.25, 0.3) is 0 Å². The summed E-state index contributed by atoms with van der Waals surface area (Å²) in [6.45, 7) is 6.91. The summed E-state index contributed by atoms with van der Waals surface area (Å²) in [6, 6.07) is -0.853. The average Bonchev–Trinajstić information content (AvgIpc) is 3.39. The van der Waals surface area contributed by atoms with Crippen molar-refractivity contribution in [1.82, 2.24) is 5.32 Å². The van der Waals surface area contributed by atoms with Gasteiger partial charge in [-0.3, -0.25) is 18.6 Å². The van der Waals surface area contributed by atoms with Crippen LogP contribution in [0.25, 0.3) is 0 Å². The van der Waals surface area contributed by atoms with Crippen molar-refractivity contribution in [3.8, 4) is 0 Å². The van der Waals surface area contributed by atoms with Crippen molar-refractivity contribution in [3.05, 3.63) is 72.9 Å². The molecule has 0 heterocycles. The average molecular weight is 1100 g/mol. The maximum atomic E-state index is 13.6. The normalized spacial score (nSPS) is 14.1. The molecule has 77 heavy (non-hydrogen) atoms. The number of hydrogen-bond donors (Lipinski definition) is 2. The first-order valence-electron chi connectivity index (χ1n) is 32.3. The van der Waals surface area contributed by atoms with Gasteiger partial charge in [-0.05, 0) is 76.7 Å². The molecular formula is C67H124N2O7P+. The predicted octanol–water partition coefficient (Wildman–Crippen LogP) is 20.0. The van der Waals surface area contributed by atoms with Crippen LogP contribution in [0.4, 0.5) is 0 Å². The van der Waals surface area contributed by atoms with Crippen LogP contribution in [-0.2, 0) is 27.9 Å². The number of nitrogens with zero attached hydrogens (tertiary/aromatic N) is 1. The first-order chi connectivity index (χ1) is 37.4. The third-order valence-electron chi connectivity index (χ3n) is 14.2. The number of likely N-dealkylation sites (N-methyl/N-ethyl adjacent to an activating group) is 1. The molecular weight excluding hydrogens is 976 g/mol. The lowest BCUT2D eigenvalue weighted by atomic mass is 10.0. The largest absolute Gasteiger partial charge is 0.472 e. The van der Waals surface area contributed by atoms with Crippen LogP contribution in [0.15, 0.2) is 72.9 Å². The van der Waals surface area contributed by atoms with Crippen molar-refractivity contribution < 1.29 is 37.3 Å². The second-order valence-electron chi connectivity index (χ2n) is 22.9. The zero-order chi connectivity index (χ0) is 56.4. The van der Waals surface area contributed by atoms with E-state index >= 15 is 0 Å². The molecule has 0 saturated heterocycles. The number of rotatable bonds is 58. The highest BCUT2D eigenvalue weighted by molar-refractivity contribution is 7.47. The van der Waals surface area contributed by atoms with E-state index in [9.17, 15) is 19.0 Å². The number of carbonyl (C=O) groups excluding carboxylic acids is 2.